The second kappa shape index (κ2) is 7.01. The van der Waals surface area contributed by atoms with Crippen LogP contribution in [0.15, 0.2) is 18.2 Å². The zero-order valence-electron chi connectivity index (χ0n) is 14.2. The maximum Gasteiger partial charge on any atom is 0.247 e. The molecule has 7 atom stereocenters. The Morgan fingerprint density at radius 3 is 2.26 bits per heavy atom. The van der Waals surface area contributed by atoms with Crippen LogP contribution in [0, 0.1) is 23.7 Å². The third-order valence-corrected chi connectivity index (χ3v) is 10.0. The van der Waals surface area contributed by atoms with Gasteiger partial charge in [-0.3, -0.25) is 19.3 Å². The molecule has 2 saturated carbocycles. The van der Waals surface area contributed by atoms with Crippen molar-refractivity contribution >= 4 is 78.5 Å². The molecule has 144 valence electrons. The summed E-state index contributed by atoms with van der Waals surface area (Å²) >= 11 is 19.4. The molecule has 1 saturated heterocycles. The zero-order valence-corrected chi connectivity index (χ0v) is 18.8. The lowest BCUT2D eigenvalue weighted by Gasteiger charge is -2.28. The number of benzene rings is 1. The van der Waals surface area contributed by atoms with Crippen molar-refractivity contribution < 1.29 is 14.4 Å². The van der Waals surface area contributed by atoms with Gasteiger partial charge in [-0.2, -0.15) is 0 Å². The largest absolute Gasteiger partial charge is 0.323 e. The highest BCUT2D eigenvalue weighted by atomic mass is 79.9. The smallest absolute Gasteiger partial charge is 0.247 e. The number of nitrogens with zero attached hydrogens (tertiary/aromatic N) is 1. The molecule has 1 heterocycles. The minimum atomic E-state index is -0.924. The van der Waals surface area contributed by atoms with Gasteiger partial charge in [0.05, 0.1) is 27.6 Å². The van der Waals surface area contributed by atoms with Crippen LogP contribution in [0.25, 0.3) is 0 Å². The molecular formula is C18H16Br2Cl2N2O3. The van der Waals surface area contributed by atoms with Gasteiger partial charge in [0.25, 0.3) is 0 Å². The summed E-state index contributed by atoms with van der Waals surface area (Å²) in [5.41, 5.74) is 0.349. The van der Waals surface area contributed by atoms with Crippen molar-refractivity contribution in [3.63, 3.8) is 0 Å². The van der Waals surface area contributed by atoms with Crippen LogP contribution in [0.3, 0.4) is 0 Å². The van der Waals surface area contributed by atoms with Crippen LogP contribution in [0.1, 0.15) is 13.3 Å². The molecule has 27 heavy (non-hydrogen) atoms. The number of amides is 3. The Kier molecular flexibility index (Phi) is 5.11. The summed E-state index contributed by atoms with van der Waals surface area (Å²) in [5.74, 6) is -1.43. The zero-order chi connectivity index (χ0) is 19.6. The van der Waals surface area contributed by atoms with Gasteiger partial charge in [0, 0.05) is 9.65 Å². The quantitative estimate of drug-likeness (QED) is 0.465. The Hall–Kier alpha value is -0.630. The number of imide groups is 1. The minimum Gasteiger partial charge on any atom is -0.323 e. The summed E-state index contributed by atoms with van der Waals surface area (Å²) in [5, 5.41) is 3.20. The second-order valence-corrected chi connectivity index (χ2v) is 10.2. The number of rotatable bonds is 3. The molecule has 1 N–H and O–H groups in total. The summed E-state index contributed by atoms with van der Waals surface area (Å²) in [6.07, 6.45) is 0.852. The van der Waals surface area contributed by atoms with E-state index in [4.69, 9.17) is 23.2 Å². The van der Waals surface area contributed by atoms with Crippen molar-refractivity contribution in [2.75, 3.05) is 5.32 Å². The summed E-state index contributed by atoms with van der Waals surface area (Å²) in [6, 6.07) is 3.97. The van der Waals surface area contributed by atoms with E-state index in [2.05, 4.69) is 37.2 Å². The molecule has 3 fully saturated rings. The Morgan fingerprint density at radius 2 is 1.70 bits per heavy atom. The SMILES string of the molecule is C[C@H](C(=O)Nc1cccc(Cl)c1Cl)N1C(=O)[C@@H]2[C@H]3C[C@@H]([C@H](Br)[C@H]3Br)[C@@H]2C1=O. The Balaban J connectivity index is 1.55. The van der Waals surface area contributed by atoms with Crippen LogP contribution in [0.2, 0.25) is 10.0 Å². The number of hydrogen-bond donors (Lipinski definition) is 1. The lowest BCUT2D eigenvalue weighted by Crippen LogP contribution is -2.46. The van der Waals surface area contributed by atoms with E-state index in [9.17, 15) is 14.4 Å². The number of alkyl halides is 2. The van der Waals surface area contributed by atoms with Gasteiger partial charge in [-0.15, -0.1) is 0 Å². The minimum absolute atomic E-state index is 0.114. The van der Waals surface area contributed by atoms with Crippen molar-refractivity contribution in [2.45, 2.75) is 29.0 Å². The van der Waals surface area contributed by atoms with E-state index in [0.717, 1.165) is 11.3 Å². The molecule has 4 rings (SSSR count). The molecule has 2 aliphatic carbocycles. The molecule has 0 spiro atoms. The van der Waals surface area contributed by atoms with E-state index in [0.29, 0.717) is 10.7 Å². The van der Waals surface area contributed by atoms with Gasteiger partial charge >= 0.3 is 0 Å². The van der Waals surface area contributed by atoms with Gasteiger partial charge in [-0.25, -0.2) is 0 Å². The average Bonchev–Trinajstić information content (AvgIpc) is 3.23. The number of carbonyl (C=O) groups excluding carboxylic acids is 3. The molecular weight excluding hydrogens is 523 g/mol. The number of anilines is 1. The first kappa shape index (κ1) is 19.7. The maximum atomic E-state index is 13.0. The molecule has 1 aliphatic heterocycles. The summed E-state index contributed by atoms with van der Waals surface area (Å²) in [4.78, 5) is 40.2. The molecule has 5 nitrogen and oxygen atoms in total. The number of hydrogen-bond acceptors (Lipinski definition) is 3. The van der Waals surface area contributed by atoms with Crippen molar-refractivity contribution in [3.8, 4) is 0 Å². The maximum absolute atomic E-state index is 13.0. The highest BCUT2D eigenvalue weighted by Crippen LogP contribution is 2.60. The summed E-state index contributed by atoms with van der Waals surface area (Å²) < 4.78 is 0. The second-order valence-electron chi connectivity index (χ2n) is 7.32. The van der Waals surface area contributed by atoms with Crippen LogP contribution in [-0.2, 0) is 14.4 Å². The van der Waals surface area contributed by atoms with E-state index in [-0.39, 0.29) is 50.2 Å². The summed E-state index contributed by atoms with van der Waals surface area (Å²) in [7, 11) is 0. The van der Waals surface area contributed by atoms with Crippen molar-refractivity contribution in [3.05, 3.63) is 28.2 Å². The van der Waals surface area contributed by atoms with Crippen molar-refractivity contribution in [2.24, 2.45) is 23.7 Å². The van der Waals surface area contributed by atoms with Gasteiger partial charge in [0.1, 0.15) is 6.04 Å². The molecule has 1 aromatic carbocycles. The molecule has 3 aliphatic rings. The number of carbonyl (C=O) groups is 3. The van der Waals surface area contributed by atoms with E-state index in [1.807, 2.05) is 0 Å². The number of halogens is 4. The molecule has 0 radical (unpaired) electrons. The van der Waals surface area contributed by atoms with Gasteiger partial charge in [0.2, 0.25) is 17.7 Å². The van der Waals surface area contributed by atoms with Crippen LogP contribution in [0.4, 0.5) is 5.69 Å². The van der Waals surface area contributed by atoms with Crippen LogP contribution >= 0.6 is 55.1 Å². The Labute approximate surface area is 183 Å². The topological polar surface area (TPSA) is 66.5 Å². The van der Waals surface area contributed by atoms with E-state index < -0.39 is 11.9 Å². The van der Waals surface area contributed by atoms with Crippen LogP contribution < -0.4 is 5.32 Å². The molecule has 3 amide bonds. The van der Waals surface area contributed by atoms with E-state index in [1.54, 1.807) is 25.1 Å². The van der Waals surface area contributed by atoms with E-state index in [1.165, 1.54) is 0 Å². The highest BCUT2D eigenvalue weighted by Gasteiger charge is 2.67. The molecule has 2 bridgehead atoms. The van der Waals surface area contributed by atoms with Crippen LogP contribution in [-0.4, -0.2) is 38.3 Å². The predicted octanol–water partition coefficient (Wildman–Crippen LogP) is 4.10. The monoisotopic (exact) mass is 536 g/mol. The average molecular weight is 539 g/mol. The third kappa shape index (κ3) is 2.88. The first-order valence-corrected chi connectivity index (χ1v) is 11.2. The van der Waals surface area contributed by atoms with Crippen molar-refractivity contribution in [1.82, 2.24) is 4.90 Å². The van der Waals surface area contributed by atoms with Gasteiger partial charge < -0.3 is 5.32 Å². The summed E-state index contributed by atoms with van der Waals surface area (Å²) in [6.45, 7) is 1.56. The fraction of sp³-hybridized carbons (Fsp3) is 0.500. The third-order valence-electron chi connectivity index (χ3n) is 6.00. The molecule has 9 heteroatoms. The number of nitrogens with one attached hydrogen (secondary N) is 1. The number of likely N-dealkylation sites (tertiary alicyclic amines) is 1. The molecule has 0 unspecified atom stereocenters. The Morgan fingerprint density at radius 1 is 1.15 bits per heavy atom. The fourth-order valence-corrected chi connectivity index (χ4v) is 6.93. The van der Waals surface area contributed by atoms with E-state index >= 15 is 0 Å². The van der Waals surface area contributed by atoms with Crippen molar-refractivity contribution in [1.29, 1.82) is 0 Å². The first-order valence-electron chi connectivity index (χ1n) is 8.64. The molecule has 0 aromatic heterocycles. The lowest BCUT2D eigenvalue weighted by atomic mass is 9.81. The first-order chi connectivity index (χ1) is 12.7. The molecule has 1 aromatic rings. The lowest BCUT2D eigenvalue weighted by molar-refractivity contribution is -0.146. The standard InChI is InChI=1S/C18H16Br2Cl2N2O3/c1-6(16(25)23-10-4-2-3-9(21)15(10)22)24-17(26)11-7-5-8(12(11)18(24)27)14(20)13(7)19/h2-4,6-8,11-14H,5H2,1H3,(H,23,25)/t6-,7-,8-,11-,12+,13+,14+/m1/s1. The van der Waals surface area contributed by atoms with Gasteiger partial charge in [0.15, 0.2) is 0 Å². The van der Waals surface area contributed by atoms with Gasteiger partial charge in [-0.05, 0) is 37.3 Å². The predicted molar refractivity (Wildman–Crippen MR) is 110 cm³/mol. The highest BCUT2D eigenvalue weighted by molar-refractivity contribution is 9.12. The normalized spacial score (nSPS) is 35.5. The fourth-order valence-electron chi connectivity index (χ4n) is 4.71. The van der Waals surface area contributed by atoms with Crippen LogP contribution in [0.5, 0.6) is 0 Å². The Bertz CT molecular complexity index is 820. The number of fused-ring (bicyclic) bond motifs is 5. The van der Waals surface area contributed by atoms with Gasteiger partial charge in [-0.1, -0.05) is 61.1 Å².